The van der Waals surface area contributed by atoms with E-state index in [0.717, 1.165) is 0 Å². The molecule has 0 bridgehead atoms. The van der Waals surface area contributed by atoms with E-state index in [1.807, 2.05) is 0 Å². The molecule has 3 rings (SSSR count). The van der Waals surface area contributed by atoms with Crippen LogP contribution in [0.1, 0.15) is 55.7 Å². The molecule has 2 aliphatic carbocycles. The second kappa shape index (κ2) is 6.41. The molecule has 1 saturated carbocycles. The van der Waals surface area contributed by atoms with Gasteiger partial charge in [-0.3, -0.25) is 0 Å². The molecule has 0 saturated heterocycles. The van der Waals surface area contributed by atoms with Gasteiger partial charge in [0.1, 0.15) is 0 Å². The van der Waals surface area contributed by atoms with Crippen LogP contribution in [-0.4, -0.2) is 17.5 Å². The Hall–Kier alpha value is 0.01000. The van der Waals surface area contributed by atoms with Crippen molar-refractivity contribution in [3.05, 3.63) is 33.8 Å². The molecule has 0 heterocycles. The maximum absolute atomic E-state index is 3.88. The molecule has 0 amide bonds. The summed E-state index contributed by atoms with van der Waals surface area (Å²) in [6.45, 7) is 1.17. The number of rotatable bonds is 4. The zero-order valence-electron chi connectivity index (χ0n) is 12.3. The summed E-state index contributed by atoms with van der Waals surface area (Å²) in [5, 5.41) is 3.88. The molecule has 1 N–H and O–H groups in total. The van der Waals surface area contributed by atoms with Gasteiger partial charge in [-0.2, -0.15) is 11.8 Å². The number of nitrogens with one attached hydrogen (secondary N) is 1. The second-order valence-corrected chi connectivity index (χ2v) is 8.45. The van der Waals surface area contributed by atoms with E-state index in [4.69, 9.17) is 0 Å². The molecule has 0 spiro atoms. The quantitative estimate of drug-likeness (QED) is 0.808. The van der Waals surface area contributed by atoms with Crippen LogP contribution in [0.5, 0.6) is 0 Å². The van der Waals surface area contributed by atoms with Crippen molar-refractivity contribution >= 4 is 27.7 Å². The molecule has 1 fully saturated rings. The fourth-order valence-corrected chi connectivity index (χ4v) is 5.09. The molecule has 1 aromatic carbocycles. The van der Waals surface area contributed by atoms with E-state index in [9.17, 15) is 0 Å². The summed E-state index contributed by atoms with van der Waals surface area (Å²) < 4.78 is 1.71. The molecule has 0 aromatic heterocycles. The van der Waals surface area contributed by atoms with Crippen molar-refractivity contribution in [3.8, 4) is 0 Å². The van der Waals surface area contributed by atoms with Crippen molar-refractivity contribution < 1.29 is 0 Å². The van der Waals surface area contributed by atoms with Gasteiger partial charge in [-0.05, 0) is 55.2 Å². The highest BCUT2D eigenvalue weighted by molar-refractivity contribution is 9.10. The summed E-state index contributed by atoms with van der Waals surface area (Å²) in [6.07, 6.45) is 11.8. The minimum Gasteiger partial charge on any atom is -0.309 e. The number of fused-ring (bicyclic) bond motifs is 1. The minimum atomic E-state index is 0.496. The van der Waals surface area contributed by atoms with Crippen molar-refractivity contribution in [2.75, 3.05) is 12.8 Å². The highest BCUT2D eigenvalue weighted by Crippen LogP contribution is 2.39. The van der Waals surface area contributed by atoms with Gasteiger partial charge in [-0.1, -0.05) is 41.3 Å². The lowest BCUT2D eigenvalue weighted by atomic mass is 9.88. The predicted molar refractivity (Wildman–Crippen MR) is 92.5 cm³/mol. The van der Waals surface area contributed by atoms with E-state index < -0.39 is 0 Å². The summed E-state index contributed by atoms with van der Waals surface area (Å²) in [7, 11) is 0. The third-order valence-corrected chi connectivity index (χ3v) is 6.96. The molecular weight excluding hydrogens is 330 g/mol. The minimum absolute atomic E-state index is 0.496. The largest absolute Gasteiger partial charge is 0.309 e. The smallest absolute Gasteiger partial charge is 0.0326 e. The van der Waals surface area contributed by atoms with E-state index in [1.54, 1.807) is 0 Å². The zero-order valence-corrected chi connectivity index (χ0v) is 14.7. The maximum atomic E-state index is 3.88. The highest BCUT2D eigenvalue weighted by Gasteiger charge is 2.32. The predicted octanol–water partition coefficient (Wildman–Crippen LogP) is 5.09. The molecule has 1 atom stereocenters. The van der Waals surface area contributed by atoms with Crippen LogP contribution in [0.3, 0.4) is 0 Å². The molecule has 2 aliphatic rings. The first kappa shape index (κ1) is 14.9. The highest BCUT2D eigenvalue weighted by atomic mass is 79.9. The van der Waals surface area contributed by atoms with Crippen LogP contribution in [0.25, 0.3) is 0 Å². The van der Waals surface area contributed by atoms with E-state index in [2.05, 4.69) is 57.5 Å². The monoisotopic (exact) mass is 353 g/mol. The summed E-state index contributed by atoms with van der Waals surface area (Å²) in [5.41, 5.74) is 3.05. The van der Waals surface area contributed by atoms with Crippen LogP contribution in [0.15, 0.2) is 22.7 Å². The van der Waals surface area contributed by atoms with Crippen LogP contribution in [-0.2, 0) is 6.42 Å². The van der Waals surface area contributed by atoms with Crippen molar-refractivity contribution in [3.63, 3.8) is 0 Å². The van der Waals surface area contributed by atoms with Gasteiger partial charge in [0.25, 0.3) is 0 Å². The topological polar surface area (TPSA) is 12.0 Å². The van der Waals surface area contributed by atoms with Gasteiger partial charge >= 0.3 is 0 Å². The number of aryl methyl sites for hydroxylation is 1. The van der Waals surface area contributed by atoms with Crippen molar-refractivity contribution in [1.82, 2.24) is 5.32 Å². The summed E-state index contributed by atoms with van der Waals surface area (Å²) in [6, 6.07) is 7.35. The van der Waals surface area contributed by atoms with E-state index in [0.29, 0.717) is 10.8 Å². The standard InChI is InChI=1S/C17H24BrNS/c1-20-17(9-3-2-4-10-17)12-19-16-8-5-13-11-14(18)6-7-15(13)16/h6-7,11,16,19H,2-5,8-10,12H2,1H3. The molecular formula is C17H24BrNS. The van der Waals surface area contributed by atoms with Crippen LogP contribution < -0.4 is 5.32 Å². The Morgan fingerprint density at radius 3 is 2.85 bits per heavy atom. The van der Waals surface area contributed by atoms with E-state index >= 15 is 0 Å². The molecule has 1 aromatic rings. The SMILES string of the molecule is CSC1(CNC2CCc3cc(Br)ccc32)CCCCC1. The molecule has 0 aliphatic heterocycles. The summed E-state index contributed by atoms with van der Waals surface area (Å²) in [4.78, 5) is 0. The first-order chi connectivity index (χ1) is 9.72. The van der Waals surface area contributed by atoms with Crippen molar-refractivity contribution in [2.45, 2.75) is 55.7 Å². The summed E-state index contributed by atoms with van der Waals surface area (Å²) in [5.74, 6) is 0. The van der Waals surface area contributed by atoms with Gasteiger partial charge in [-0.15, -0.1) is 0 Å². The Labute approximate surface area is 135 Å². The average Bonchev–Trinajstić information content (AvgIpc) is 2.88. The second-order valence-electron chi connectivity index (χ2n) is 6.26. The molecule has 20 heavy (non-hydrogen) atoms. The Morgan fingerprint density at radius 2 is 2.10 bits per heavy atom. The van der Waals surface area contributed by atoms with Crippen molar-refractivity contribution in [1.29, 1.82) is 0 Å². The van der Waals surface area contributed by atoms with E-state index in [1.165, 1.54) is 67.1 Å². The normalized spacial score (nSPS) is 24.6. The van der Waals surface area contributed by atoms with Crippen LogP contribution in [0.2, 0.25) is 0 Å². The molecule has 1 unspecified atom stereocenters. The van der Waals surface area contributed by atoms with Gasteiger partial charge in [0.2, 0.25) is 0 Å². The summed E-state index contributed by atoms with van der Waals surface area (Å²) >= 11 is 5.67. The third-order valence-electron chi connectivity index (χ3n) is 5.05. The van der Waals surface area contributed by atoms with Crippen LogP contribution in [0.4, 0.5) is 0 Å². The van der Waals surface area contributed by atoms with E-state index in [-0.39, 0.29) is 0 Å². The lowest BCUT2D eigenvalue weighted by Crippen LogP contribution is -2.40. The fourth-order valence-electron chi connectivity index (χ4n) is 3.76. The number of hydrogen-bond acceptors (Lipinski definition) is 2. The lowest BCUT2D eigenvalue weighted by molar-refractivity contribution is 0.362. The Balaban J connectivity index is 1.65. The first-order valence-electron chi connectivity index (χ1n) is 7.79. The van der Waals surface area contributed by atoms with Gasteiger partial charge in [0.15, 0.2) is 0 Å². The number of hydrogen-bond donors (Lipinski definition) is 1. The maximum Gasteiger partial charge on any atom is 0.0326 e. The molecule has 3 heteroatoms. The number of halogens is 1. The number of benzene rings is 1. The Kier molecular flexibility index (Phi) is 4.79. The first-order valence-corrected chi connectivity index (χ1v) is 9.81. The molecule has 1 nitrogen and oxygen atoms in total. The Bertz CT molecular complexity index is 468. The van der Waals surface area contributed by atoms with Gasteiger partial charge in [0, 0.05) is 21.8 Å². The van der Waals surface area contributed by atoms with Crippen LogP contribution in [0, 0.1) is 0 Å². The lowest BCUT2D eigenvalue weighted by Gasteiger charge is -2.37. The fraction of sp³-hybridized carbons (Fsp3) is 0.647. The number of thioether (sulfide) groups is 1. The molecule has 110 valence electrons. The zero-order chi connectivity index (χ0) is 14.0. The van der Waals surface area contributed by atoms with Crippen molar-refractivity contribution in [2.24, 2.45) is 0 Å². The van der Waals surface area contributed by atoms with Gasteiger partial charge in [-0.25, -0.2) is 0 Å². The molecule has 0 radical (unpaired) electrons. The Morgan fingerprint density at radius 1 is 1.30 bits per heavy atom. The van der Waals surface area contributed by atoms with Gasteiger partial charge < -0.3 is 5.32 Å². The average molecular weight is 354 g/mol. The third kappa shape index (κ3) is 3.10. The van der Waals surface area contributed by atoms with Crippen LogP contribution >= 0.6 is 27.7 Å². The van der Waals surface area contributed by atoms with Gasteiger partial charge in [0.05, 0.1) is 0 Å².